The summed E-state index contributed by atoms with van der Waals surface area (Å²) >= 11 is 0. The molecule has 0 saturated heterocycles. The highest BCUT2D eigenvalue weighted by atomic mass is 19.1. The second-order valence-corrected chi connectivity index (χ2v) is 4.49. The van der Waals surface area contributed by atoms with Crippen molar-refractivity contribution in [1.82, 2.24) is 0 Å². The molecule has 0 aliphatic carbocycles. The van der Waals surface area contributed by atoms with Crippen LogP contribution in [0, 0.1) is 37.9 Å². The Morgan fingerprint density at radius 1 is 1.11 bits per heavy atom. The summed E-state index contributed by atoms with van der Waals surface area (Å²) in [6.07, 6.45) is 0. The molecule has 2 aromatic carbocycles. The molecular weight excluding hydrogens is 241 g/mol. The number of nitrogens with zero attached hydrogens (tertiary/aromatic N) is 1. The van der Waals surface area contributed by atoms with Crippen LogP contribution in [0.25, 0.3) is 0 Å². The SMILES string of the molecule is Cc1cc(Oc2cccc(F)c2)c(C)c(C#N)c1C. The van der Waals surface area contributed by atoms with E-state index < -0.39 is 0 Å². The summed E-state index contributed by atoms with van der Waals surface area (Å²) in [7, 11) is 0. The number of hydrogen-bond acceptors (Lipinski definition) is 2. The zero-order valence-electron chi connectivity index (χ0n) is 11.1. The molecule has 19 heavy (non-hydrogen) atoms. The Kier molecular flexibility index (Phi) is 3.52. The Morgan fingerprint density at radius 2 is 1.84 bits per heavy atom. The number of aryl methyl sites for hydroxylation is 1. The Bertz CT molecular complexity index is 671. The largest absolute Gasteiger partial charge is 0.457 e. The Labute approximate surface area is 112 Å². The van der Waals surface area contributed by atoms with Crippen LogP contribution in [0.15, 0.2) is 30.3 Å². The summed E-state index contributed by atoms with van der Waals surface area (Å²) < 4.78 is 18.8. The summed E-state index contributed by atoms with van der Waals surface area (Å²) in [6.45, 7) is 5.67. The number of rotatable bonds is 2. The van der Waals surface area contributed by atoms with Gasteiger partial charge in [0.25, 0.3) is 0 Å². The summed E-state index contributed by atoms with van der Waals surface area (Å²) in [4.78, 5) is 0. The zero-order chi connectivity index (χ0) is 14.0. The minimum absolute atomic E-state index is 0.348. The molecular formula is C16H14FNO. The van der Waals surface area contributed by atoms with E-state index in [2.05, 4.69) is 6.07 Å². The van der Waals surface area contributed by atoms with Gasteiger partial charge in [0, 0.05) is 11.6 Å². The van der Waals surface area contributed by atoms with Crippen LogP contribution < -0.4 is 4.74 Å². The van der Waals surface area contributed by atoms with Crippen LogP contribution in [-0.2, 0) is 0 Å². The second kappa shape index (κ2) is 5.11. The Morgan fingerprint density at radius 3 is 2.47 bits per heavy atom. The van der Waals surface area contributed by atoms with E-state index in [1.807, 2.05) is 26.8 Å². The number of nitriles is 1. The van der Waals surface area contributed by atoms with Crippen molar-refractivity contribution in [3.8, 4) is 17.6 Å². The first kappa shape index (κ1) is 13.1. The van der Waals surface area contributed by atoms with Crippen LogP contribution in [0.2, 0.25) is 0 Å². The predicted octanol–water partition coefficient (Wildman–Crippen LogP) is 4.41. The first-order chi connectivity index (χ1) is 9.02. The summed E-state index contributed by atoms with van der Waals surface area (Å²) in [5.41, 5.74) is 3.32. The average Bonchev–Trinajstić information content (AvgIpc) is 2.37. The molecule has 0 aliphatic heterocycles. The first-order valence-corrected chi connectivity index (χ1v) is 5.97. The second-order valence-electron chi connectivity index (χ2n) is 4.49. The zero-order valence-corrected chi connectivity index (χ0v) is 11.1. The lowest BCUT2D eigenvalue weighted by atomic mass is 9.98. The Hall–Kier alpha value is -2.34. The maximum Gasteiger partial charge on any atom is 0.131 e. The van der Waals surface area contributed by atoms with Crippen molar-refractivity contribution in [1.29, 1.82) is 5.26 Å². The summed E-state index contributed by atoms with van der Waals surface area (Å²) in [6, 6.07) is 10.0. The van der Waals surface area contributed by atoms with Crippen LogP contribution in [-0.4, -0.2) is 0 Å². The van der Waals surface area contributed by atoms with Crippen molar-refractivity contribution in [2.75, 3.05) is 0 Å². The van der Waals surface area contributed by atoms with Crippen molar-refractivity contribution in [3.05, 3.63) is 58.4 Å². The molecule has 0 spiro atoms. The van der Waals surface area contributed by atoms with Gasteiger partial charge < -0.3 is 4.74 Å². The summed E-state index contributed by atoms with van der Waals surface area (Å²) in [5.74, 6) is 0.667. The molecule has 2 aromatic rings. The fourth-order valence-corrected chi connectivity index (χ4v) is 1.95. The normalized spacial score (nSPS) is 10.1. The predicted molar refractivity (Wildman–Crippen MR) is 71.8 cm³/mol. The lowest BCUT2D eigenvalue weighted by Crippen LogP contribution is -1.96. The fourth-order valence-electron chi connectivity index (χ4n) is 1.95. The van der Waals surface area contributed by atoms with Crippen LogP contribution in [0.1, 0.15) is 22.3 Å². The number of ether oxygens (including phenoxy) is 1. The van der Waals surface area contributed by atoms with Gasteiger partial charge in [-0.3, -0.25) is 0 Å². The fraction of sp³-hybridized carbons (Fsp3) is 0.188. The average molecular weight is 255 g/mol. The van der Waals surface area contributed by atoms with E-state index in [1.165, 1.54) is 12.1 Å². The van der Waals surface area contributed by atoms with Gasteiger partial charge in [-0.25, -0.2) is 4.39 Å². The van der Waals surface area contributed by atoms with Crippen molar-refractivity contribution in [2.45, 2.75) is 20.8 Å². The first-order valence-electron chi connectivity index (χ1n) is 5.97. The van der Waals surface area contributed by atoms with Crippen molar-refractivity contribution in [3.63, 3.8) is 0 Å². The lowest BCUT2D eigenvalue weighted by molar-refractivity contribution is 0.472. The summed E-state index contributed by atoms with van der Waals surface area (Å²) in [5, 5.41) is 9.19. The van der Waals surface area contributed by atoms with E-state index in [-0.39, 0.29) is 5.82 Å². The minimum Gasteiger partial charge on any atom is -0.457 e. The molecule has 0 amide bonds. The lowest BCUT2D eigenvalue weighted by Gasteiger charge is -2.13. The van der Waals surface area contributed by atoms with E-state index in [0.717, 1.165) is 16.7 Å². The molecule has 0 aliphatic rings. The highest BCUT2D eigenvalue weighted by Gasteiger charge is 2.12. The Balaban J connectivity index is 2.47. The van der Waals surface area contributed by atoms with E-state index in [9.17, 15) is 9.65 Å². The number of hydrogen-bond donors (Lipinski definition) is 0. The van der Waals surface area contributed by atoms with Gasteiger partial charge in [0.1, 0.15) is 17.3 Å². The molecule has 0 radical (unpaired) electrons. The molecule has 0 heterocycles. The minimum atomic E-state index is -0.348. The van der Waals surface area contributed by atoms with Gasteiger partial charge in [0.2, 0.25) is 0 Å². The monoisotopic (exact) mass is 255 g/mol. The van der Waals surface area contributed by atoms with Gasteiger partial charge in [0.15, 0.2) is 0 Å². The molecule has 0 fully saturated rings. The smallest absolute Gasteiger partial charge is 0.131 e. The van der Waals surface area contributed by atoms with E-state index in [1.54, 1.807) is 12.1 Å². The molecule has 0 atom stereocenters. The highest BCUT2D eigenvalue weighted by molar-refractivity contribution is 5.54. The van der Waals surface area contributed by atoms with Gasteiger partial charge in [0.05, 0.1) is 11.6 Å². The van der Waals surface area contributed by atoms with Crippen molar-refractivity contribution in [2.24, 2.45) is 0 Å². The van der Waals surface area contributed by atoms with Gasteiger partial charge in [-0.1, -0.05) is 6.07 Å². The third kappa shape index (κ3) is 2.58. The molecule has 2 nitrogen and oxygen atoms in total. The van der Waals surface area contributed by atoms with Crippen molar-refractivity contribution >= 4 is 0 Å². The van der Waals surface area contributed by atoms with E-state index >= 15 is 0 Å². The van der Waals surface area contributed by atoms with Crippen LogP contribution in [0.3, 0.4) is 0 Å². The maximum absolute atomic E-state index is 13.1. The standard InChI is InChI=1S/C16H14FNO/c1-10-7-16(12(3)15(9-18)11(10)2)19-14-6-4-5-13(17)8-14/h4-8H,1-3H3. The molecule has 0 unspecified atom stereocenters. The molecule has 3 heteroatoms. The third-order valence-corrected chi connectivity index (χ3v) is 3.19. The van der Waals surface area contributed by atoms with Crippen LogP contribution >= 0.6 is 0 Å². The number of benzene rings is 2. The van der Waals surface area contributed by atoms with Crippen molar-refractivity contribution < 1.29 is 9.13 Å². The highest BCUT2D eigenvalue weighted by Crippen LogP contribution is 2.31. The molecule has 96 valence electrons. The van der Waals surface area contributed by atoms with Crippen LogP contribution in [0.5, 0.6) is 11.5 Å². The molecule has 0 N–H and O–H groups in total. The number of halogens is 1. The molecule has 0 saturated carbocycles. The molecule has 0 bridgehead atoms. The molecule has 0 aromatic heterocycles. The van der Waals surface area contributed by atoms with Gasteiger partial charge in [-0.15, -0.1) is 0 Å². The molecule has 2 rings (SSSR count). The van der Waals surface area contributed by atoms with E-state index in [0.29, 0.717) is 17.1 Å². The maximum atomic E-state index is 13.1. The van der Waals surface area contributed by atoms with Gasteiger partial charge >= 0.3 is 0 Å². The quantitative estimate of drug-likeness (QED) is 0.796. The van der Waals surface area contributed by atoms with Crippen LogP contribution in [0.4, 0.5) is 4.39 Å². The van der Waals surface area contributed by atoms with E-state index in [4.69, 9.17) is 4.74 Å². The topological polar surface area (TPSA) is 33.0 Å². The van der Waals surface area contributed by atoms with Gasteiger partial charge in [-0.05, 0) is 50.1 Å². The van der Waals surface area contributed by atoms with Gasteiger partial charge in [-0.2, -0.15) is 5.26 Å². The third-order valence-electron chi connectivity index (χ3n) is 3.19.